The number of alkyl halides is 6. The number of ether oxygens (including phenoxy) is 1. The second-order valence-electron chi connectivity index (χ2n) is 10.4. The van der Waals surface area contributed by atoms with E-state index in [4.69, 9.17) is 4.74 Å². The third-order valence-corrected chi connectivity index (χ3v) is 7.37. The van der Waals surface area contributed by atoms with Gasteiger partial charge in [-0.05, 0) is 48.7 Å². The van der Waals surface area contributed by atoms with Crippen LogP contribution in [0.1, 0.15) is 32.6 Å². The fourth-order valence-corrected chi connectivity index (χ4v) is 5.04. The van der Waals surface area contributed by atoms with Gasteiger partial charge >= 0.3 is 12.4 Å². The first-order chi connectivity index (χ1) is 19.3. The van der Waals surface area contributed by atoms with Gasteiger partial charge in [0.15, 0.2) is 0 Å². The zero-order chi connectivity index (χ0) is 29.8. The summed E-state index contributed by atoms with van der Waals surface area (Å²) < 4.78 is 100. The molecule has 0 radical (unpaired) electrons. The fraction of sp³-hybridized carbons (Fsp3) is 0.483. The standard InChI is InChI=1S/C29H32F7N3O2.2ClH/c1-20-4-5-21(15-26(20)30)14-25-19-38(7-3-2-6-37-10-12-41-13-11-37)8-9-39(25)27(40)22-16-23(28(31,32)33)18-24(17-22)29(34,35)36;;/h2-5,15-18,25H,6-14,19H2,1H3;2*1H/b3-2+;;/t25-;;/m1../s1. The molecule has 14 heteroatoms. The number of carbonyl (C=O) groups excluding carboxylic acids is 1. The van der Waals surface area contributed by atoms with E-state index >= 15 is 0 Å². The number of benzene rings is 2. The van der Waals surface area contributed by atoms with E-state index in [0.717, 1.165) is 19.6 Å². The van der Waals surface area contributed by atoms with Crippen molar-refractivity contribution in [3.05, 3.63) is 82.2 Å². The Hall–Kier alpha value is -2.38. The number of amides is 1. The molecule has 2 aliphatic heterocycles. The second-order valence-corrected chi connectivity index (χ2v) is 10.4. The predicted octanol–water partition coefficient (Wildman–Crippen LogP) is 6.27. The van der Waals surface area contributed by atoms with Crippen molar-refractivity contribution < 1.29 is 40.3 Å². The van der Waals surface area contributed by atoms with Crippen molar-refractivity contribution in [1.82, 2.24) is 14.7 Å². The molecule has 0 aromatic heterocycles. The van der Waals surface area contributed by atoms with Crippen LogP contribution in [-0.2, 0) is 23.5 Å². The van der Waals surface area contributed by atoms with Gasteiger partial charge in [-0.2, -0.15) is 26.3 Å². The van der Waals surface area contributed by atoms with Gasteiger partial charge in [0.1, 0.15) is 5.82 Å². The number of carbonyl (C=O) groups is 1. The molecule has 2 fully saturated rings. The molecule has 4 rings (SSSR count). The first kappa shape index (κ1) is 36.8. The Labute approximate surface area is 258 Å². The Morgan fingerprint density at radius 2 is 1.44 bits per heavy atom. The number of morpholine rings is 1. The van der Waals surface area contributed by atoms with E-state index in [1.54, 1.807) is 19.1 Å². The summed E-state index contributed by atoms with van der Waals surface area (Å²) in [5.74, 6) is -1.37. The van der Waals surface area contributed by atoms with E-state index in [9.17, 15) is 35.5 Å². The van der Waals surface area contributed by atoms with E-state index in [1.165, 1.54) is 11.0 Å². The zero-order valence-corrected chi connectivity index (χ0v) is 25.0. The zero-order valence-electron chi connectivity index (χ0n) is 23.4. The molecule has 0 saturated carbocycles. The van der Waals surface area contributed by atoms with Crippen molar-refractivity contribution >= 4 is 30.7 Å². The second kappa shape index (κ2) is 15.6. The Balaban J connectivity index is 0.00000323. The summed E-state index contributed by atoms with van der Waals surface area (Å²) in [4.78, 5) is 19.1. The molecule has 2 aromatic rings. The smallest absolute Gasteiger partial charge is 0.379 e. The van der Waals surface area contributed by atoms with Gasteiger partial charge in [0.2, 0.25) is 0 Å². The SMILES string of the molecule is Cc1ccc(C[C@@H]2CN(C/C=C/CN3CCOCC3)CCN2C(=O)c2cc(C(F)(F)F)cc(C(F)(F)F)c2)cc1F.Cl.Cl. The van der Waals surface area contributed by atoms with E-state index in [0.29, 0.717) is 56.1 Å². The van der Waals surface area contributed by atoms with Crippen LogP contribution in [-0.4, -0.2) is 85.7 Å². The lowest BCUT2D eigenvalue weighted by Crippen LogP contribution is -2.56. The molecular weight excluding hydrogens is 626 g/mol. The van der Waals surface area contributed by atoms with Gasteiger partial charge in [-0.1, -0.05) is 24.3 Å². The predicted molar refractivity (Wildman–Crippen MR) is 153 cm³/mol. The van der Waals surface area contributed by atoms with Crippen molar-refractivity contribution in [2.75, 3.05) is 59.0 Å². The minimum atomic E-state index is -5.07. The maximum absolute atomic E-state index is 14.3. The summed E-state index contributed by atoms with van der Waals surface area (Å²) in [6.45, 7) is 6.73. The Morgan fingerprint density at radius 1 is 0.860 bits per heavy atom. The van der Waals surface area contributed by atoms with Crippen molar-refractivity contribution in [3.8, 4) is 0 Å². The molecule has 0 spiro atoms. The van der Waals surface area contributed by atoms with Gasteiger partial charge in [-0.25, -0.2) is 4.39 Å². The van der Waals surface area contributed by atoms with Crippen LogP contribution in [0, 0.1) is 12.7 Å². The summed E-state index contributed by atoms with van der Waals surface area (Å²) in [6, 6.07) is 4.95. The highest BCUT2D eigenvalue weighted by Gasteiger charge is 2.39. The van der Waals surface area contributed by atoms with Crippen LogP contribution < -0.4 is 0 Å². The summed E-state index contributed by atoms with van der Waals surface area (Å²) in [5.41, 5.74) is -2.78. The number of nitrogens with zero attached hydrogens (tertiary/aromatic N) is 3. The van der Waals surface area contributed by atoms with Crippen molar-refractivity contribution in [2.45, 2.75) is 31.7 Å². The monoisotopic (exact) mass is 659 g/mol. The van der Waals surface area contributed by atoms with Gasteiger partial charge in [0.25, 0.3) is 5.91 Å². The molecule has 5 nitrogen and oxygen atoms in total. The van der Waals surface area contributed by atoms with E-state index in [2.05, 4.69) is 9.80 Å². The first-order valence-corrected chi connectivity index (χ1v) is 13.3. The third kappa shape index (κ3) is 10.1. The van der Waals surface area contributed by atoms with Gasteiger partial charge in [0.05, 0.1) is 24.3 Å². The molecule has 2 saturated heterocycles. The molecule has 2 heterocycles. The maximum Gasteiger partial charge on any atom is 0.416 e. The molecule has 0 bridgehead atoms. The summed E-state index contributed by atoms with van der Waals surface area (Å²) in [7, 11) is 0. The Kier molecular flexibility index (Phi) is 13.3. The van der Waals surface area contributed by atoms with Gasteiger partial charge < -0.3 is 9.64 Å². The lowest BCUT2D eigenvalue weighted by molar-refractivity contribution is -0.143. The number of aryl methyl sites for hydroxylation is 1. The van der Waals surface area contributed by atoms with Crippen LogP contribution in [0.4, 0.5) is 30.7 Å². The number of halogens is 9. The molecule has 2 aliphatic rings. The topological polar surface area (TPSA) is 36.0 Å². The summed E-state index contributed by atoms with van der Waals surface area (Å²) in [5, 5.41) is 0. The molecule has 43 heavy (non-hydrogen) atoms. The maximum atomic E-state index is 14.3. The lowest BCUT2D eigenvalue weighted by Gasteiger charge is -2.41. The highest BCUT2D eigenvalue weighted by atomic mass is 35.5. The summed E-state index contributed by atoms with van der Waals surface area (Å²) >= 11 is 0. The molecule has 0 unspecified atom stereocenters. The van der Waals surface area contributed by atoms with Crippen molar-refractivity contribution in [1.29, 1.82) is 0 Å². The van der Waals surface area contributed by atoms with E-state index in [1.807, 2.05) is 12.2 Å². The van der Waals surface area contributed by atoms with Crippen LogP contribution in [0.3, 0.4) is 0 Å². The number of hydrogen-bond acceptors (Lipinski definition) is 4. The van der Waals surface area contributed by atoms with E-state index in [-0.39, 0.29) is 43.8 Å². The third-order valence-electron chi connectivity index (χ3n) is 7.37. The van der Waals surface area contributed by atoms with Crippen LogP contribution in [0.5, 0.6) is 0 Å². The van der Waals surface area contributed by atoms with Crippen LogP contribution in [0.25, 0.3) is 0 Å². The normalized spacial score (nSPS) is 18.8. The molecule has 2 aromatic carbocycles. The van der Waals surface area contributed by atoms with E-state index < -0.39 is 46.8 Å². The number of piperazine rings is 1. The quantitative estimate of drug-likeness (QED) is 0.259. The van der Waals surface area contributed by atoms with Gasteiger partial charge in [-0.15, -0.1) is 24.8 Å². The van der Waals surface area contributed by atoms with Crippen molar-refractivity contribution in [2.24, 2.45) is 0 Å². The molecule has 1 amide bonds. The lowest BCUT2D eigenvalue weighted by atomic mass is 9.98. The molecular formula is C29H34Cl2F7N3O2. The molecule has 240 valence electrons. The van der Waals surface area contributed by atoms with Gasteiger partial charge in [-0.3, -0.25) is 14.6 Å². The number of hydrogen-bond donors (Lipinski definition) is 0. The van der Waals surface area contributed by atoms with Crippen molar-refractivity contribution in [3.63, 3.8) is 0 Å². The highest BCUT2D eigenvalue weighted by molar-refractivity contribution is 5.95. The Morgan fingerprint density at radius 3 is 2.00 bits per heavy atom. The average molecular weight is 661 g/mol. The molecule has 0 aliphatic carbocycles. The van der Waals surface area contributed by atoms with Crippen LogP contribution >= 0.6 is 24.8 Å². The van der Waals surface area contributed by atoms with Crippen LogP contribution in [0.2, 0.25) is 0 Å². The Bertz CT molecular complexity index is 1220. The molecule has 1 atom stereocenters. The fourth-order valence-electron chi connectivity index (χ4n) is 5.04. The largest absolute Gasteiger partial charge is 0.416 e. The first-order valence-electron chi connectivity index (χ1n) is 13.3. The number of rotatable bonds is 7. The minimum absolute atomic E-state index is 0. The van der Waals surface area contributed by atoms with Gasteiger partial charge in [0, 0.05) is 57.4 Å². The summed E-state index contributed by atoms with van der Waals surface area (Å²) in [6.07, 6.45) is -5.92. The molecule has 0 N–H and O–H groups in total. The van der Waals surface area contributed by atoms with Crippen LogP contribution in [0.15, 0.2) is 48.6 Å². The highest BCUT2D eigenvalue weighted by Crippen LogP contribution is 2.37. The minimum Gasteiger partial charge on any atom is -0.379 e. The average Bonchev–Trinajstić information content (AvgIpc) is 2.92.